The number of ether oxygens (including phenoxy) is 2. The van der Waals surface area contributed by atoms with E-state index >= 15 is 0 Å². The van der Waals surface area contributed by atoms with Crippen molar-refractivity contribution in [3.8, 4) is 11.5 Å². The van der Waals surface area contributed by atoms with Gasteiger partial charge >= 0.3 is 0 Å². The first-order valence-electron chi connectivity index (χ1n) is 13.5. The van der Waals surface area contributed by atoms with E-state index in [0.717, 1.165) is 4.31 Å². The zero-order valence-electron chi connectivity index (χ0n) is 24.8. The van der Waals surface area contributed by atoms with Crippen molar-refractivity contribution >= 4 is 27.5 Å². The van der Waals surface area contributed by atoms with Gasteiger partial charge in [-0.05, 0) is 69.2 Å². The predicted molar refractivity (Wildman–Crippen MR) is 159 cm³/mol. The van der Waals surface area contributed by atoms with Crippen LogP contribution in [-0.4, -0.2) is 57.5 Å². The maximum absolute atomic E-state index is 14.1. The Labute approximate surface area is 247 Å². The SMILES string of the molecule is CCC(C(=O)NC(C)(C)C)N(Cc1ccc(F)cc1)C(=O)CN(c1ccccc1)S(=O)(=O)c1ccc(OC)c(OC)c1. The van der Waals surface area contributed by atoms with Crippen molar-refractivity contribution in [1.82, 2.24) is 10.2 Å². The normalized spacial score (nSPS) is 12.3. The van der Waals surface area contributed by atoms with Gasteiger partial charge in [0.1, 0.15) is 18.4 Å². The number of sulfonamides is 1. The van der Waals surface area contributed by atoms with E-state index in [1.807, 2.05) is 20.8 Å². The van der Waals surface area contributed by atoms with Gasteiger partial charge < -0.3 is 19.7 Å². The van der Waals surface area contributed by atoms with Gasteiger partial charge in [-0.1, -0.05) is 37.3 Å². The molecule has 0 bridgehead atoms. The average molecular weight is 600 g/mol. The molecule has 1 N–H and O–H groups in total. The van der Waals surface area contributed by atoms with Gasteiger partial charge in [-0.25, -0.2) is 12.8 Å². The van der Waals surface area contributed by atoms with Crippen LogP contribution in [0.4, 0.5) is 10.1 Å². The number of para-hydroxylation sites is 1. The van der Waals surface area contributed by atoms with Gasteiger partial charge in [0.2, 0.25) is 11.8 Å². The molecule has 3 rings (SSSR count). The van der Waals surface area contributed by atoms with E-state index in [2.05, 4.69) is 5.32 Å². The molecule has 226 valence electrons. The first kappa shape index (κ1) is 32.4. The van der Waals surface area contributed by atoms with Crippen molar-refractivity contribution in [3.63, 3.8) is 0 Å². The Morgan fingerprint density at radius 2 is 1.55 bits per heavy atom. The summed E-state index contributed by atoms with van der Waals surface area (Å²) in [7, 11) is -1.46. The van der Waals surface area contributed by atoms with Gasteiger partial charge in [0.15, 0.2) is 11.5 Å². The minimum Gasteiger partial charge on any atom is -0.493 e. The monoisotopic (exact) mass is 599 g/mol. The molecule has 1 unspecified atom stereocenters. The fourth-order valence-electron chi connectivity index (χ4n) is 4.39. The van der Waals surface area contributed by atoms with E-state index in [0.29, 0.717) is 11.3 Å². The molecule has 11 heteroatoms. The molecular weight excluding hydrogens is 561 g/mol. The third-order valence-electron chi connectivity index (χ3n) is 6.42. The molecule has 2 amide bonds. The summed E-state index contributed by atoms with van der Waals surface area (Å²) >= 11 is 0. The summed E-state index contributed by atoms with van der Waals surface area (Å²) in [4.78, 5) is 28.7. The smallest absolute Gasteiger partial charge is 0.264 e. The van der Waals surface area contributed by atoms with Gasteiger partial charge in [-0.15, -0.1) is 0 Å². The van der Waals surface area contributed by atoms with Crippen LogP contribution in [0.15, 0.2) is 77.7 Å². The fraction of sp³-hybridized carbons (Fsp3) is 0.355. The van der Waals surface area contributed by atoms with E-state index in [4.69, 9.17) is 9.47 Å². The number of methoxy groups -OCH3 is 2. The van der Waals surface area contributed by atoms with Crippen LogP contribution in [0.5, 0.6) is 11.5 Å². The lowest BCUT2D eigenvalue weighted by atomic mass is 10.1. The molecule has 0 fully saturated rings. The molecule has 0 heterocycles. The Kier molecular flexibility index (Phi) is 10.6. The van der Waals surface area contributed by atoms with Crippen molar-refractivity contribution in [3.05, 3.63) is 84.2 Å². The zero-order valence-corrected chi connectivity index (χ0v) is 25.6. The predicted octanol–water partition coefficient (Wildman–Crippen LogP) is 4.76. The summed E-state index contributed by atoms with van der Waals surface area (Å²) in [5, 5.41) is 2.91. The van der Waals surface area contributed by atoms with Crippen LogP contribution in [-0.2, 0) is 26.2 Å². The number of hydrogen-bond donors (Lipinski definition) is 1. The number of halogens is 1. The first-order valence-corrected chi connectivity index (χ1v) is 14.9. The summed E-state index contributed by atoms with van der Waals surface area (Å²) in [6, 6.07) is 17.1. The topological polar surface area (TPSA) is 105 Å². The van der Waals surface area contributed by atoms with Gasteiger partial charge in [0, 0.05) is 18.2 Å². The fourth-order valence-corrected chi connectivity index (χ4v) is 5.82. The van der Waals surface area contributed by atoms with Crippen molar-refractivity contribution in [2.24, 2.45) is 0 Å². The molecule has 42 heavy (non-hydrogen) atoms. The van der Waals surface area contributed by atoms with Crippen molar-refractivity contribution < 1.29 is 31.9 Å². The molecule has 3 aromatic carbocycles. The van der Waals surface area contributed by atoms with Crippen LogP contribution in [0.3, 0.4) is 0 Å². The number of amides is 2. The lowest BCUT2D eigenvalue weighted by Crippen LogP contribution is -2.55. The van der Waals surface area contributed by atoms with Gasteiger partial charge in [0.25, 0.3) is 10.0 Å². The van der Waals surface area contributed by atoms with Crippen LogP contribution in [0, 0.1) is 5.82 Å². The van der Waals surface area contributed by atoms with Crippen LogP contribution in [0.25, 0.3) is 0 Å². The molecule has 0 saturated heterocycles. The van der Waals surface area contributed by atoms with Crippen LogP contribution >= 0.6 is 0 Å². The molecule has 0 aliphatic heterocycles. The van der Waals surface area contributed by atoms with Crippen molar-refractivity contribution in [2.75, 3.05) is 25.1 Å². The Morgan fingerprint density at radius 1 is 0.929 bits per heavy atom. The first-order chi connectivity index (χ1) is 19.8. The maximum atomic E-state index is 14.1. The maximum Gasteiger partial charge on any atom is 0.264 e. The molecule has 0 aromatic heterocycles. The lowest BCUT2D eigenvalue weighted by molar-refractivity contribution is -0.141. The molecule has 3 aromatic rings. The number of rotatable bonds is 12. The largest absolute Gasteiger partial charge is 0.493 e. The molecule has 0 aliphatic rings. The highest BCUT2D eigenvalue weighted by Gasteiger charge is 2.35. The highest BCUT2D eigenvalue weighted by Crippen LogP contribution is 2.32. The Balaban J connectivity index is 2.08. The van der Waals surface area contributed by atoms with Gasteiger partial charge in [-0.2, -0.15) is 0 Å². The van der Waals surface area contributed by atoms with Crippen LogP contribution in [0.1, 0.15) is 39.7 Å². The summed E-state index contributed by atoms with van der Waals surface area (Å²) in [6.07, 6.45) is 0.266. The van der Waals surface area contributed by atoms with Crippen LogP contribution in [0.2, 0.25) is 0 Å². The number of carbonyl (C=O) groups excluding carboxylic acids is 2. The number of carbonyl (C=O) groups is 2. The molecular formula is C31H38FN3O6S. The molecule has 0 saturated carbocycles. The average Bonchev–Trinajstić information content (AvgIpc) is 2.95. The quantitative estimate of drug-likeness (QED) is 0.322. The second kappa shape index (κ2) is 13.7. The highest BCUT2D eigenvalue weighted by molar-refractivity contribution is 7.92. The second-order valence-electron chi connectivity index (χ2n) is 10.7. The molecule has 1 atom stereocenters. The zero-order chi connectivity index (χ0) is 31.1. The van der Waals surface area contributed by atoms with E-state index < -0.39 is 39.9 Å². The number of anilines is 1. The van der Waals surface area contributed by atoms with Crippen molar-refractivity contribution in [2.45, 2.75) is 57.1 Å². The third-order valence-corrected chi connectivity index (χ3v) is 8.19. The van der Waals surface area contributed by atoms with Crippen molar-refractivity contribution in [1.29, 1.82) is 0 Å². The summed E-state index contributed by atoms with van der Waals surface area (Å²) < 4.78 is 53.3. The number of benzene rings is 3. The summed E-state index contributed by atoms with van der Waals surface area (Å²) in [5.41, 5.74) is 0.275. The summed E-state index contributed by atoms with van der Waals surface area (Å²) in [5.74, 6) is -0.872. The van der Waals surface area contributed by atoms with E-state index in [9.17, 15) is 22.4 Å². The van der Waals surface area contributed by atoms with E-state index in [1.54, 1.807) is 37.3 Å². The van der Waals surface area contributed by atoms with Gasteiger partial charge in [-0.3, -0.25) is 13.9 Å². The Bertz CT molecular complexity index is 1470. The van der Waals surface area contributed by atoms with Crippen LogP contribution < -0.4 is 19.1 Å². The minimum absolute atomic E-state index is 0.0335. The highest BCUT2D eigenvalue weighted by atomic mass is 32.2. The lowest BCUT2D eigenvalue weighted by Gasteiger charge is -2.34. The molecule has 0 spiro atoms. The Hall–Kier alpha value is -4.12. The third kappa shape index (κ3) is 8.00. The number of nitrogens with one attached hydrogen (secondary N) is 1. The standard InChI is InChI=1S/C31H38FN3O6S/c1-7-26(30(37)33-31(2,3)4)34(20-22-13-15-23(32)16-14-22)29(36)21-35(24-11-9-8-10-12-24)42(38,39)25-17-18-27(40-5)28(19-25)41-6/h8-19,26H,7,20-21H2,1-6H3,(H,33,37). The molecule has 9 nitrogen and oxygen atoms in total. The number of nitrogens with zero attached hydrogens (tertiary/aromatic N) is 2. The molecule has 0 radical (unpaired) electrons. The van der Waals surface area contributed by atoms with Gasteiger partial charge in [0.05, 0.1) is 24.8 Å². The molecule has 0 aliphatic carbocycles. The van der Waals surface area contributed by atoms with E-state index in [-0.39, 0.29) is 35.2 Å². The summed E-state index contributed by atoms with van der Waals surface area (Å²) in [6.45, 7) is 6.63. The van der Waals surface area contributed by atoms with E-state index in [1.165, 1.54) is 61.6 Å². The Morgan fingerprint density at radius 3 is 2.10 bits per heavy atom. The minimum atomic E-state index is -4.30. The second-order valence-corrected chi connectivity index (χ2v) is 12.5. The number of hydrogen-bond acceptors (Lipinski definition) is 6.